The highest BCUT2D eigenvalue weighted by atomic mass is 15.0. The fraction of sp³-hybridized carbons (Fsp3) is 0.182. The van der Waals surface area contributed by atoms with E-state index in [-0.39, 0.29) is 10.8 Å². The minimum Gasteiger partial charge on any atom is -0.309 e. The van der Waals surface area contributed by atoms with Crippen LogP contribution in [-0.4, -0.2) is 9.13 Å². The third kappa shape index (κ3) is 3.17. The van der Waals surface area contributed by atoms with E-state index in [0.717, 1.165) is 0 Å². The van der Waals surface area contributed by atoms with Crippen LogP contribution in [-0.2, 0) is 10.8 Å². The van der Waals surface area contributed by atoms with Crippen LogP contribution in [0.4, 0.5) is 0 Å². The number of aromatic nitrogens is 2. The zero-order valence-corrected chi connectivity index (χ0v) is 26.8. The Hall–Kier alpha value is -5.08. The average molecular weight is 593 g/mol. The van der Waals surface area contributed by atoms with Crippen molar-refractivity contribution in [3.8, 4) is 11.4 Å². The fourth-order valence-electron chi connectivity index (χ4n) is 10.1. The van der Waals surface area contributed by atoms with E-state index in [4.69, 9.17) is 0 Å². The second-order valence-corrected chi connectivity index (χ2v) is 14.7. The van der Waals surface area contributed by atoms with Crippen molar-refractivity contribution in [1.82, 2.24) is 9.13 Å². The van der Waals surface area contributed by atoms with Gasteiger partial charge in [0.25, 0.3) is 0 Å². The predicted molar refractivity (Wildman–Crippen MR) is 193 cm³/mol. The molecule has 0 fully saturated rings. The van der Waals surface area contributed by atoms with Gasteiger partial charge in [0.05, 0.1) is 22.1 Å². The monoisotopic (exact) mass is 592 g/mol. The number of hydrogen-bond acceptors (Lipinski definition) is 0. The minimum absolute atomic E-state index is 0.0366. The Labute approximate surface area is 269 Å². The van der Waals surface area contributed by atoms with Crippen molar-refractivity contribution in [2.24, 2.45) is 5.92 Å². The summed E-state index contributed by atoms with van der Waals surface area (Å²) in [5.41, 5.74) is 13.6. The van der Waals surface area contributed by atoms with E-state index < -0.39 is 0 Å². The minimum atomic E-state index is 0.0366. The summed E-state index contributed by atoms with van der Waals surface area (Å²) in [6.07, 6.45) is 0. The number of para-hydroxylation sites is 4. The zero-order chi connectivity index (χ0) is 30.9. The lowest BCUT2D eigenvalue weighted by atomic mass is 9.65. The standard InChI is InChI=1S/C44H36N2/c1-43(2)35-23-21-27(45-37-17-9-5-13-29(37)30-14-6-10-18-38(30)45)25-33(35)41-34-26-28(22-24-36(34)44(3,4)42(41)43)46-39-19-11-7-15-31(39)32-16-8-12-20-40(32)46/h5-26,41-42H,1-4H3. The molecular weight excluding hydrogens is 556 g/mol. The van der Waals surface area contributed by atoms with Crippen LogP contribution in [0, 0.1) is 5.92 Å². The molecule has 6 aromatic carbocycles. The fourth-order valence-corrected chi connectivity index (χ4v) is 10.1. The van der Waals surface area contributed by atoms with Crippen molar-refractivity contribution in [2.45, 2.75) is 44.4 Å². The van der Waals surface area contributed by atoms with Gasteiger partial charge in [0, 0.05) is 38.8 Å². The first kappa shape index (κ1) is 26.2. The van der Waals surface area contributed by atoms with Gasteiger partial charge in [-0.1, -0.05) is 113 Å². The summed E-state index contributed by atoms with van der Waals surface area (Å²) in [6.45, 7) is 9.94. The molecule has 2 aliphatic carbocycles. The van der Waals surface area contributed by atoms with Gasteiger partial charge in [-0.15, -0.1) is 0 Å². The molecule has 222 valence electrons. The highest BCUT2D eigenvalue weighted by Crippen LogP contribution is 2.65. The molecule has 2 heterocycles. The maximum atomic E-state index is 2.53. The first-order valence-corrected chi connectivity index (χ1v) is 16.6. The smallest absolute Gasteiger partial charge is 0.0541 e. The summed E-state index contributed by atoms with van der Waals surface area (Å²) in [7, 11) is 0. The van der Waals surface area contributed by atoms with Crippen LogP contribution in [0.25, 0.3) is 55.0 Å². The molecule has 0 saturated carbocycles. The van der Waals surface area contributed by atoms with Gasteiger partial charge < -0.3 is 9.13 Å². The number of rotatable bonds is 2. The molecule has 2 nitrogen and oxygen atoms in total. The second-order valence-electron chi connectivity index (χ2n) is 14.7. The van der Waals surface area contributed by atoms with Crippen LogP contribution >= 0.6 is 0 Å². The first-order chi connectivity index (χ1) is 22.4. The van der Waals surface area contributed by atoms with Crippen molar-refractivity contribution < 1.29 is 0 Å². The van der Waals surface area contributed by atoms with E-state index in [2.05, 4.69) is 170 Å². The lowest BCUT2D eigenvalue weighted by Gasteiger charge is -2.38. The molecule has 0 saturated heterocycles. The highest BCUT2D eigenvalue weighted by molar-refractivity contribution is 6.10. The maximum Gasteiger partial charge on any atom is 0.0541 e. The number of hydrogen-bond donors (Lipinski definition) is 0. The van der Waals surface area contributed by atoms with Gasteiger partial charge in [-0.25, -0.2) is 0 Å². The van der Waals surface area contributed by atoms with Gasteiger partial charge in [0.15, 0.2) is 0 Å². The summed E-state index contributed by atoms with van der Waals surface area (Å²) >= 11 is 0. The van der Waals surface area contributed by atoms with Gasteiger partial charge in [-0.05, 0) is 87.5 Å². The molecule has 0 bridgehead atoms. The van der Waals surface area contributed by atoms with Crippen molar-refractivity contribution in [3.05, 3.63) is 156 Å². The third-order valence-corrected chi connectivity index (χ3v) is 11.7. The SMILES string of the molecule is CC1(C)c2ccc(-n3c4ccccc4c4ccccc43)cc2C2c3cc(-n4c5ccccc5c5ccccc54)ccc3C(C)(C)C21. The largest absolute Gasteiger partial charge is 0.309 e. The summed E-state index contributed by atoms with van der Waals surface area (Å²) in [4.78, 5) is 0. The van der Waals surface area contributed by atoms with Gasteiger partial charge in [0.1, 0.15) is 0 Å². The summed E-state index contributed by atoms with van der Waals surface area (Å²) in [5, 5.41) is 5.22. The van der Waals surface area contributed by atoms with Crippen LogP contribution in [0.1, 0.15) is 55.9 Å². The Kier molecular flexibility index (Phi) is 5.00. The number of fused-ring (bicyclic) bond motifs is 11. The zero-order valence-electron chi connectivity index (χ0n) is 26.8. The van der Waals surface area contributed by atoms with Crippen molar-refractivity contribution in [3.63, 3.8) is 0 Å². The lowest BCUT2D eigenvalue weighted by Crippen LogP contribution is -2.37. The molecule has 2 aliphatic rings. The van der Waals surface area contributed by atoms with E-state index in [1.807, 2.05) is 0 Å². The van der Waals surface area contributed by atoms with E-state index in [0.29, 0.717) is 11.8 Å². The Morgan fingerprint density at radius 3 is 1.09 bits per heavy atom. The van der Waals surface area contributed by atoms with Gasteiger partial charge in [-0.3, -0.25) is 0 Å². The molecule has 0 aliphatic heterocycles. The molecular formula is C44H36N2. The molecule has 0 N–H and O–H groups in total. The molecule has 0 atom stereocenters. The predicted octanol–water partition coefficient (Wildman–Crippen LogP) is 11.2. The van der Waals surface area contributed by atoms with Crippen molar-refractivity contribution >= 4 is 43.6 Å². The van der Waals surface area contributed by atoms with E-state index >= 15 is 0 Å². The molecule has 0 radical (unpaired) electrons. The normalized spacial score (nSPS) is 19.2. The molecule has 0 unspecified atom stereocenters. The summed E-state index contributed by atoms with van der Waals surface area (Å²) < 4.78 is 4.95. The van der Waals surface area contributed by atoms with Crippen LogP contribution in [0.5, 0.6) is 0 Å². The van der Waals surface area contributed by atoms with Crippen molar-refractivity contribution in [1.29, 1.82) is 0 Å². The quantitative estimate of drug-likeness (QED) is 0.189. The molecule has 0 amide bonds. The molecule has 2 heteroatoms. The first-order valence-electron chi connectivity index (χ1n) is 16.6. The number of benzene rings is 6. The molecule has 46 heavy (non-hydrogen) atoms. The van der Waals surface area contributed by atoms with E-state index in [9.17, 15) is 0 Å². The Morgan fingerprint density at radius 2 is 0.739 bits per heavy atom. The van der Waals surface area contributed by atoms with Gasteiger partial charge >= 0.3 is 0 Å². The molecule has 8 aromatic rings. The van der Waals surface area contributed by atoms with Crippen molar-refractivity contribution in [2.75, 3.05) is 0 Å². The molecule has 2 aromatic heterocycles. The lowest BCUT2D eigenvalue weighted by molar-refractivity contribution is 0.227. The second kappa shape index (κ2) is 8.79. The Balaban J connectivity index is 1.22. The highest BCUT2D eigenvalue weighted by Gasteiger charge is 2.58. The molecule has 10 rings (SSSR count). The van der Waals surface area contributed by atoms with Crippen LogP contribution in [0.15, 0.2) is 133 Å². The summed E-state index contributed by atoms with van der Waals surface area (Å²) in [6, 6.07) is 50.0. The van der Waals surface area contributed by atoms with E-state index in [1.165, 1.54) is 77.2 Å². The van der Waals surface area contributed by atoms with Gasteiger partial charge in [0.2, 0.25) is 0 Å². The maximum absolute atomic E-state index is 2.53. The van der Waals surface area contributed by atoms with Crippen LogP contribution in [0.3, 0.4) is 0 Å². The number of nitrogens with zero attached hydrogens (tertiary/aromatic N) is 2. The third-order valence-electron chi connectivity index (χ3n) is 11.7. The Morgan fingerprint density at radius 1 is 0.413 bits per heavy atom. The van der Waals surface area contributed by atoms with E-state index in [1.54, 1.807) is 0 Å². The molecule has 0 spiro atoms. The van der Waals surface area contributed by atoms with Crippen LogP contribution in [0.2, 0.25) is 0 Å². The average Bonchev–Trinajstić information content (AvgIpc) is 3.74. The Bertz CT molecular complexity index is 2270. The topological polar surface area (TPSA) is 9.86 Å². The summed E-state index contributed by atoms with van der Waals surface area (Å²) in [5.74, 6) is 0.794. The van der Waals surface area contributed by atoms with Crippen LogP contribution < -0.4 is 0 Å². The van der Waals surface area contributed by atoms with Gasteiger partial charge in [-0.2, -0.15) is 0 Å².